The van der Waals surface area contributed by atoms with E-state index in [1.807, 2.05) is 42.5 Å². The molecule has 0 spiro atoms. The number of rotatable bonds is 1. The molecule has 2 aromatic carbocycles. The van der Waals surface area contributed by atoms with Crippen LogP contribution in [0.4, 0.5) is 0 Å². The quantitative estimate of drug-likeness (QED) is 0.598. The molecular formula is C15H12O. The minimum atomic E-state index is 0.183. The summed E-state index contributed by atoms with van der Waals surface area (Å²) in [6, 6.07) is 14.0. The van der Waals surface area contributed by atoms with E-state index in [4.69, 9.17) is 0 Å². The van der Waals surface area contributed by atoms with Crippen LogP contribution in [0.3, 0.4) is 0 Å². The predicted octanol–water partition coefficient (Wildman–Crippen LogP) is 3.46. The van der Waals surface area contributed by atoms with Crippen molar-refractivity contribution in [3.8, 4) is 11.1 Å². The topological polar surface area (TPSA) is 17.1 Å². The van der Waals surface area contributed by atoms with Crippen LogP contribution in [0.2, 0.25) is 0 Å². The molecule has 2 aromatic rings. The maximum absolute atomic E-state index is 12.3. The summed E-state index contributed by atoms with van der Waals surface area (Å²) in [6.45, 7) is 2.09. The number of carbonyl (C=O) groups excluding carboxylic acids is 1. The first-order chi connectivity index (χ1) is 7.83. The van der Waals surface area contributed by atoms with Gasteiger partial charge in [-0.2, -0.15) is 0 Å². The van der Waals surface area contributed by atoms with Gasteiger partial charge in [0.2, 0.25) is 0 Å². The van der Waals surface area contributed by atoms with Gasteiger partial charge in [-0.15, -0.1) is 0 Å². The SMILES string of the molecule is CCc1cccc2c1C(=O)c1ccccc1-2. The molecule has 0 radical (unpaired) electrons. The van der Waals surface area contributed by atoms with Gasteiger partial charge in [-0.3, -0.25) is 4.79 Å². The second-order valence-corrected chi connectivity index (χ2v) is 4.07. The fourth-order valence-corrected chi connectivity index (χ4v) is 2.44. The fourth-order valence-electron chi connectivity index (χ4n) is 2.44. The highest BCUT2D eigenvalue weighted by atomic mass is 16.1. The highest BCUT2D eigenvalue weighted by Gasteiger charge is 2.27. The largest absolute Gasteiger partial charge is 0.289 e. The number of hydrogen-bond donors (Lipinski definition) is 0. The van der Waals surface area contributed by atoms with Gasteiger partial charge < -0.3 is 0 Å². The van der Waals surface area contributed by atoms with Gasteiger partial charge in [0.1, 0.15) is 0 Å². The Morgan fingerprint density at radius 3 is 2.31 bits per heavy atom. The Bertz CT molecular complexity index is 582. The molecule has 0 unspecified atom stereocenters. The summed E-state index contributed by atoms with van der Waals surface area (Å²) in [4.78, 5) is 12.3. The first kappa shape index (κ1) is 9.34. The second kappa shape index (κ2) is 3.31. The van der Waals surface area contributed by atoms with Gasteiger partial charge in [0.25, 0.3) is 0 Å². The molecular weight excluding hydrogens is 196 g/mol. The van der Waals surface area contributed by atoms with Gasteiger partial charge in [0.05, 0.1) is 0 Å². The molecule has 0 amide bonds. The van der Waals surface area contributed by atoms with E-state index in [0.29, 0.717) is 0 Å². The van der Waals surface area contributed by atoms with Crippen molar-refractivity contribution in [1.29, 1.82) is 0 Å². The molecule has 3 rings (SSSR count). The van der Waals surface area contributed by atoms with Crippen molar-refractivity contribution in [1.82, 2.24) is 0 Å². The third kappa shape index (κ3) is 1.09. The average Bonchev–Trinajstić information content (AvgIpc) is 2.64. The van der Waals surface area contributed by atoms with Crippen LogP contribution in [0.5, 0.6) is 0 Å². The Morgan fingerprint density at radius 2 is 1.56 bits per heavy atom. The van der Waals surface area contributed by atoms with E-state index in [0.717, 1.165) is 34.2 Å². The van der Waals surface area contributed by atoms with Crippen molar-refractivity contribution in [3.05, 3.63) is 59.2 Å². The first-order valence-electron chi connectivity index (χ1n) is 5.59. The molecule has 0 saturated carbocycles. The number of carbonyl (C=O) groups is 1. The summed E-state index contributed by atoms with van der Waals surface area (Å²) in [5.41, 5.74) is 5.08. The fraction of sp³-hybridized carbons (Fsp3) is 0.133. The maximum atomic E-state index is 12.3. The van der Waals surface area contributed by atoms with Crippen LogP contribution < -0.4 is 0 Å². The molecule has 1 aliphatic rings. The molecule has 1 nitrogen and oxygen atoms in total. The third-order valence-electron chi connectivity index (χ3n) is 3.22. The summed E-state index contributed by atoms with van der Waals surface area (Å²) < 4.78 is 0. The molecule has 0 saturated heterocycles. The van der Waals surface area contributed by atoms with Crippen LogP contribution in [0.25, 0.3) is 11.1 Å². The Labute approximate surface area is 94.7 Å². The van der Waals surface area contributed by atoms with Gasteiger partial charge >= 0.3 is 0 Å². The third-order valence-corrected chi connectivity index (χ3v) is 3.22. The zero-order valence-corrected chi connectivity index (χ0v) is 9.16. The Kier molecular flexibility index (Phi) is 1.93. The molecule has 1 heteroatoms. The zero-order chi connectivity index (χ0) is 11.1. The van der Waals surface area contributed by atoms with E-state index in [-0.39, 0.29) is 5.78 Å². The average molecular weight is 208 g/mol. The normalized spacial score (nSPS) is 12.4. The van der Waals surface area contributed by atoms with E-state index >= 15 is 0 Å². The molecule has 0 fully saturated rings. The zero-order valence-electron chi connectivity index (χ0n) is 9.16. The van der Waals surface area contributed by atoms with E-state index < -0.39 is 0 Å². The van der Waals surface area contributed by atoms with E-state index in [1.165, 1.54) is 0 Å². The summed E-state index contributed by atoms with van der Waals surface area (Å²) in [7, 11) is 0. The lowest BCUT2D eigenvalue weighted by Crippen LogP contribution is -1.99. The van der Waals surface area contributed by atoms with Crippen LogP contribution in [0.1, 0.15) is 28.4 Å². The van der Waals surface area contributed by atoms with E-state index in [9.17, 15) is 4.79 Å². The van der Waals surface area contributed by atoms with Gasteiger partial charge in [-0.05, 0) is 23.1 Å². The number of aryl methyl sites for hydroxylation is 1. The number of fused-ring (bicyclic) bond motifs is 3. The summed E-state index contributed by atoms with van der Waals surface area (Å²) >= 11 is 0. The standard InChI is InChI=1S/C15H12O/c1-2-10-6-5-9-12-11-7-3-4-8-13(11)15(16)14(10)12/h3-9H,2H2,1H3. The summed E-state index contributed by atoms with van der Waals surface area (Å²) in [5.74, 6) is 0.183. The van der Waals surface area contributed by atoms with Crippen molar-refractivity contribution >= 4 is 5.78 Å². The molecule has 78 valence electrons. The predicted molar refractivity (Wildman–Crippen MR) is 64.7 cm³/mol. The number of ketones is 1. The molecule has 0 aromatic heterocycles. The molecule has 0 aliphatic heterocycles. The smallest absolute Gasteiger partial charge is 0.194 e. The van der Waals surface area contributed by atoms with Gasteiger partial charge in [0, 0.05) is 11.1 Å². The molecule has 1 aliphatic carbocycles. The lowest BCUT2D eigenvalue weighted by atomic mass is 9.99. The van der Waals surface area contributed by atoms with Gasteiger partial charge in [-0.25, -0.2) is 0 Å². The van der Waals surface area contributed by atoms with Crippen LogP contribution in [-0.4, -0.2) is 5.78 Å². The highest BCUT2D eigenvalue weighted by Crippen LogP contribution is 2.37. The second-order valence-electron chi connectivity index (χ2n) is 4.07. The molecule has 16 heavy (non-hydrogen) atoms. The van der Waals surface area contributed by atoms with Crippen LogP contribution in [-0.2, 0) is 6.42 Å². The van der Waals surface area contributed by atoms with Crippen molar-refractivity contribution < 1.29 is 4.79 Å². The van der Waals surface area contributed by atoms with Crippen molar-refractivity contribution in [2.24, 2.45) is 0 Å². The summed E-state index contributed by atoms with van der Waals surface area (Å²) in [6.07, 6.45) is 0.906. The van der Waals surface area contributed by atoms with Crippen molar-refractivity contribution in [3.63, 3.8) is 0 Å². The van der Waals surface area contributed by atoms with E-state index in [1.54, 1.807) is 0 Å². The minimum absolute atomic E-state index is 0.183. The first-order valence-corrected chi connectivity index (χ1v) is 5.59. The summed E-state index contributed by atoms with van der Waals surface area (Å²) in [5, 5.41) is 0. The lowest BCUT2D eigenvalue weighted by Gasteiger charge is -2.04. The Balaban J connectivity index is 2.37. The van der Waals surface area contributed by atoms with Crippen LogP contribution >= 0.6 is 0 Å². The lowest BCUT2D eigenvalue weighted by molar-refractivity contribution is 0.104. The van der Waals surface area contributed by atoms with E-state index in [2.05, 4.69) is 6.92 Å². The Hall–Kier alpha value is -1.89. The van der Waals surface area contributed by atoms with Crippen molar-refractivity contribution in [2.45, 2.75) is 13.3 Å². The Morgan fingerprint density at radius 1 is 0.875 bits per heavy atom. The maximum Gasteiger partial charge on any atom is 0.194 e. The number of benzene rings is 2. The van der Waals surface area contributed by atoms with Gasteiger partial charge in [0.15, 0.2) is 5.78 Å². The molecule has 0 N–H and O–H groups in total. The minimum Gasteiger partial charge on any atom is -0.289 e. The molecule has 0 atom stereocenters. The van der Waals surface area contributed by atoms with Gasteiger partial charge in [-0.1, -0.05) is 49.4 Å². The van der Waals surface area contributed by atoms with Crippen molar-refractivity contribution in [2.75, 3.05) is 0 Å². The monoisotopic (exact) mass is 208 g/mol. The van der Waals surface area contributed by atoms with Crippen LogP contribution in [0, 0.1) is 0 Å². The molecule has 0 heterocycles. The van der Waals surface area contributed by atoms with Crippen LogP contribution in [0.15, 0.2) is 42.5 Å². The number of hydrogen-bond acceptors (Lipinski definition) is 1. The highest BCUT2D eigenvalue weighted by molar-refractivity contribution is 6.22. The molecule has 0 bridgehead atoms.